The van der Waals surface area contributed by atoms with Gasteiger partial charge in [-0.1, -0.05) is 43.2 Å². The summed E-state index contributed by atoms with van der Waals surface area (Å²) in [7, 11) is 0. The minimum Gasteiger partial charge on any atom is -0.380 e. The molecule has 2 heteroatoms. The summed E-state index contributed by atoms with van der Waals surface area (Å²) in [5.41, 5.74) is 2.66. The molecule has 0 fully saturated rings. The molecule has 0 bridgehead atoms. The Bertz CT molecular complexity index is 312. The third-order valence-corrected chi connectivity index (χ3v) is 2.88. The molecule has 0 amide bonds. The fourth-order valence-electron chi connectivity index (χ4n) is 1.75. The van der Waals surface area contributed by atoms with Crippen molar-refractivity contribution in [1.82, 2.24) is 5.32 Å². The van der Waals surface area contributed by atoms with Gasteiger partial charge in [0.25, 0.3) is 0 Å². The van der Waals surface area contributed by atoms with E-state index in [2.05, 4.69) is 50.4 Å². The Labute approximate surface area is 105 Å². The molecule has 0 aromatic heterocycles. The molecule has 0 aliphatic heterocycles. The maximum atomic E-state index is 5.52. The van der Waals surface area contributed by atoms with E-state index in [9.17, 15) is 0 Å². The second-order valence-electron chi connectivity index (χ2n) is 4.56. The summed E-state index contributed by atoms with van der Waals surface area (Å²) < 4.78 is 5.52. The Morgan fingerprint density at radius 1 is 1.29 bits per heavy atom. The highest BCUT2D eigenvalue weighted by Crippen LogP contribution is 2.13. The molecule has 0 spiro atoms. The molecule has 1 atom stereocenters. The molecule has 0 heterocycles. The number of ether oxygens (including phenoxy) is 1. The van der Waals surface area contributed by atoms with E-state index >= 15 is 0 Å². The molecule has 0 saturated heterocycles. The summed E-state index contributed by atoms with van der Waals surface area (Å²) in [6, 6.07) is 9.03. The molecule has 0 radical (unpaired) electrons. The van der Waals surface area contributed by atoms with Gasteiger partial charge in [0.05, 0.1) is 6.61 Å². The summed E-state index contributed by atoms with van der Waals surface area (Å²) in [6.45, 7) is 9.11. The van der Waals surface area contributed by atoms with E-state index in [0.29, 0.717) is 6.04 Å². The molecule has 17 heavy (non-hydrogen) atoms. The molecule has 0 aliphatic rings. The minimum atomic E-state index is 0.393. The van der Waals surface area contributed by atoms with Gasteiger partial charge in [-0.3, -0.25) is 0 Å². The first kappa shape index (κ1) is 14.2. The molecule has 2 nitrogen and oxygen atoms in total. The molecule has 1 aromatic rings. The highest BCUT2D eigenvalue weighted by Gasteiger charge is 2.03. The predicted molar refractivity (Wildman–Crippen MR) is 73.3 cm³/mol. The summed E-state index contributed by atoms with van der Waals surface area (Å²) in [5, 5.41) is 3.48. The number of rotatable bonds is 8. The minimum absolute atomic E-state index is 0.393. The Kier molecular flexibility index (Phi) is 6.90. The molecule has 0 saturated carbocycles. The number of unbranched alkanes of at least 4 members (excludes halogenated alkanes) is 1. The summed E-state index contributed by atoms with van der Waals surface area (Å²) >= 11 is 0. The molecular weight excluding hydrogens is 210 g/mol. The Morgan fingerprint density at radius 2 is 2.12 bits per heavy atom. The van der Waals surface area contributed by atoms with Crippen molar-refractivity contribution in [2.75, 3.05) is 19.8 Å². The van der Waals surface area contributed by atoms with E-state index in [1.54, 1.807) is 0 Å². The first-order valence-corrected chi connectivity index (χ1v) is 6.61. The third-order valence-electron chi connectivity index (χ3n) is 2.88. The van der Waals surface area contributed by atoms with Crippen LogP contribution in [-0.2, 0) is 4.74 Å². The van der Waals surface area contributed by atoms with Crippen LogP contribution in [0.5, 0.6) is 0 Å². The SMILES string of the molecule is CCCCOCCNC(C)c1cccc(C)c1. The van der Waals surface area contributed by atoms with Gasteiger partial charge in [-0.05, 0) is 25.8 Å². The Hall–Kier alpha value is -0.860. The average Bonchev–Trinajstić information content (AvgIpc) is 2.33. The van der Waals surface area contributed by atoms with Crippen molar-refractivity contribution in [2.45, 2.75) is 39.7 Å². The standard InChI is InChI=1S/C15H25NO/c1-4-5-10-17-11-9-16-14(3)15-8-6-7-13(2)12-15/h6-8,12,14,16H,4-5,9-11H2,1-3H3. The molecule has 1 rings (SSSR count). The van der Waals surface area contributed by atoms with Gasteiger partial charge < -0.3 is 10.1 Å². The van der Waals surface area contributed by atoms with Crippen LogP contribution in [0, 0.1) is 6.92 Å². The van der Waals surface area contributed by atoms with Crippen LogP contribution in [0.4, 0.5) is 0 Å². The van der Waals surface area contributed by atoms with Crippen LogP contribution in [0.3, 0.4) is 0 Å². The normalized spacial score (nSPS) is 12.6. The van der Waals surface area contributed by atoms with Gasteiger partial charge in [-0.15, -0.1) is 0 Å². The van der Waals surface area contributed by atoms with Crippen molar-refractivity contribution in [3.05, 3.63) is 35.4 Å². The summed E-state index contributed by atoms with van der Waals surface area (Å²) in [5.74, 6) is 0. The quantitative estimate of drug-likeness (QED) is 0.697. The lowest BCUT2D eigenvalue weighted by Crippen LogP contribution is -2.23. The van der Waals surface area contributed by atoms with E-state index in [1.807, 2.05) is 0 Å². The van der Waals surface area contributed by atoms with Crippen molar-refractivity contribution >= 4 is 0 Å². The van der Waals surface area contributed by atoms with E-state index < -0.39 is 0 Å². The zero-order valence-electron chi connectivity index (χ0n) is 11.3. The van der Waals surface area contributed by atoms with Gasteiger partial charge in [0.15, 0.2) is 0 Å². The monoisotopic (exact) mass is 235 g/mol. The topological polar surface area (TPSA) is 21.3 Å². The van der Waals surface area contributed by atoms with Crippen LogP contribution in [0.25, 0.3) is 0 Å². The van der Waals surface area contributed by atoms with Gasteiger partial charge >= 0.3 is 0 Å². The second-order valence-corrected chi connectivity index (χ2v) is 4.56. The largest absolute Gasteiger partial charge is 0.380 e. The average molecular weight is 235 g/mol. The van der Waals surface area contributed by atoms with Gasteiger partial charge in [0.2, 0.25) is 0 Å². The zero-order chi connectivity index (χ0) is 12.5. The van der Waals surface area contributed by atoms with Crippen molar-refractivity contribution in [3.63, 3.8) is 0 Å². The molecule has 96 valence electrons. The van der Waals surface area contributed by atoms with Gasteiger partial charge in [-0.25, -0.2) is 0 Å². The summed E-state index contributed by atoms with van der Waals surface area (Å²) in [6.07, 6.45) is 2.36. The second kappa shape index (κ2) is 8.26. The van der Waals surface area contributed by atoms with Crippen LogP contribution < -0.4 is 5.32 Å². The number of nitrogens with one attached hydrogen (secondary N) is 1. The van der Waals surface area contributed by atoms with Crippen LogP contribution >= 0.6 is 0 Å². The van der Waals surface area contributed by atoms with Crippen molar-refractivity contribution in [3.8, 4) is 0 Å². The maximum Gasteiger partial charge on any atom is 0.0591 e. The molecular formula is C15H25NO. The van der Waals surface area contributed by atoms with Crippen molar-refractivity contribution in [2.24, 2.45) is 0 Å². The number of benzene rings is 1. The van der Waals surface area contributed by atoms with Crippen molar-refractivity contribution < 1.29 is 4.74 Å². The van der Waals surface area contributed by atoms with Gasteiger partial charge in [0.1, 0.15) is 0 Å². The molecule has 1 N–H and O–H groups in total. The predicted octanol–water partition coefficient (Wildman–Crippen LogP) is 3.46. The van der Waals surface area contributed by atoms with E-state index in [4.69, 9.17) is 4.74 Å². The maximum absolute atomic E-state index is 5.52. The first-order chi connectivity index (χ1) is 8.24. The third kappa shape index (κ3) is 5.85. The van der Waals surface area contributed by atoms with Crippen LogP contribution in [0.15, 0.2) is 24.3 Å². The first-order valence-electron chi connectivity index (χ1n) is 6.61. The lowest BCUT2D eigenvalue weighted by Gasteiger charge is -2.14. The highest BCUT2D eigenvalue weighted by atomic mass is 16.5. The number of hydrogen-bond donors (Lipinski definition) is 1. The fourth-order valence-corrected chi connectivity index (χ4v) is 1.75. The van der Waals surface area contributed by atoms with Crippen molar-refractivity contribution in [1.29, 1.82) is 0 Å². The number of hydrogen-bond acceptors (Lipinski definition) is 2. The number of aryl methyl sites for hydroxylation is 1. The molecule has 0 aliphatic carbocycles. The van der Waals surface area contributed by atoms with E-state index in [0.717, 1.165) is 26.2 Å². The van der Waals surface area contributed by atoms with Gasteiger partial charge in [0, 0.05) is 19.2 Å². The smallest absolute Gasteiger partial charge is 0.0591 e. The van der Waals surface area contributed by atoms with Crippen LogP contribution in [0.2, 0.25) is 0 Å². The summed E-state index contributed by atoms with van der Waals surface area (Å²) in [4.78, 5) is 0. The van der Waals surface area contributed by atoms with Crippen LogP contribution in [-0.4, -0.2) is 19.8 Å². The lowest BCUT2D eigenvalue weighted by atomic mass is 10.1. The Morgan fingerprint density at radius 3 is 2.82 bits per heavy atom. The Balaban J connectivity index is 2.19. The zero-order valence-corrected chi connectivity index (χ0v) is 11.3. The fraction of sp³-hybridized carbons (Fsp3) is 0.600. The van der Waals surface area contributed by atoms with E-state index in [1.165, 1.54) is 17.5 Å². The lowest BCUT2D eigenvalue weighted by molar-refractivity contribution is 0.131. The van der Waals surface area contributed by atoms with Gasteiger partial charge in [-0.2, -0.15) is 0 Å². The highest BCUT2D eigenvalue weighted by molar-refractivity contribution is 5.24. The molecule has 1 aromatic carbocycles. The van der Waals surface area contributed by atoms with Crippen LogP contribution in [0.1, 0.15) is 43.9 Å². The molecule has 1 unspecified atom stereocenters. The van der Waals surface area contributed by atoms with E-state index in [-0.39, 0.29) is 0 Å².